The SMILES string of the molecule is CN1Cc2[nH]n(-c3cccc(F)c3)c(=O)c2C1. The van der Waals surface area contributed by atoms with Gasteiger partial charge in [0.15, 0.2) is 0 Å². The number of halogens is 1. The van der Waals surface area contributed by atoms with Gasteiger partial charge in [0.1, 0.15) is 5.82 Å². The second kappa shape index (κ2) is 3.56. The van der Waals surface area contributed by atoms with Gasteiger partial charge in [0, 0.05) is 13.1 Å². The monoisotopic (exact) mass is 233 g/mol. The van der Waals surface area contributed by atoms with E-state index in [1.807, 2.05) is 7.05 Å². The molecule has 0 amide bonds. The van der Waals surface area contributed by atoms with E-state index in [-0.39, 0.29) is 11.4 Å². The molecule has 0 fully saturated rings. The Hall–Kier alpha value is -1.88. The molecule has 1 aromatic heterocycles. The molecule has 0 unspecified atom stereocenters. The lowest BCUT2D eigenvalue weighted by Crippen LogP contribution is -2.20. The summed E-state index contributed by atoms with van der Waals surface area (Å²) in [6.07, 6.45) is 0. The summed E-state index contributed by atoms with van der Waals surface area (Å²) in [5.41, 5.74) is 2.14. The van der Waals surface area contributed by atoms with Gasteiger partial charge in [-0.1, -0.05) is 6.07 Å². The van der Waals surface area contributed by atoms with E-state index in [2.05, 4.69) is 10.00 Å². The number of H-pyrrole nitrogens is 1. The third-order valence-corrected chi connectivity index (χ3v) is 2.99. The van der Waals surface area contributed by atoms with Crippen molar-refractivity contribution in [3.05, 3.63) is 51.7 Å². The predicted molar refractivity (Wildman–Crippen MR) is 61.5 cm³/mol. The van der Waals surface area contributed by atoms with E-state index in [9.17, 15) is 9.18 Å². The van der Waals surface area contributed by atoms with E-state index in [0.717, 1.165) is 17.8 Å². The van der Waals surface area contributed by atoms with Crippen LogP contribution >= 0.6 is 0 Å². The minimum absolute atomic E-state index is 0.0880. The van der Waals surface area contributed by atoms with Gasteiger partial charge >= 0.3 is 0 Å². The van der Waals surface area contributed by atoms with Crippen molar-refractivity contribution in [3.63, 3.8) is 0 Å². The molecule has 88 valence electrons. The topological polar surface area (TPSA) is 41.0 Å². The summed E-state index contributed by atoms with van der Waals surface area (Å²) in [6.45, 7) is 1.37. The van der Waals surface area contributed by atoms with Crippen molar-refractivity contribution in [1.29, 1.82) is 0 Å². The Bertz CT molecular complexity index is 629. The molecule has 3 rings (SSSR count). The minimum Gasteiger partial charge on any atom is -0.296 e. The van der Waals surface area contributed by atoms with Crippen LogP contribution in [-0.4, -0.2) is 21.7 Å². The number of hydrogen-bond acceptors (Lipinski definition) is 2. The highest BCUT2D eigenvalue weighted by molar-refractivity contribution is 5.34. The summed E-state index contributed by atoms with van der Waals surface area (Å²) in [4.78, 5) is 14.2. The number of benzene rings is 1. The maximum atomic E-state index is 13.1. The van der Waals surface area contributed by atoms with Crippen LogP contribution in [0.5, 0.6) is 0 Å². The fourth-order valence-corrected chi connectivity index (χ4v) is 2.20. The van der Waals surface area contributed by atoms with E-state index in [4.69, 9.17) is 0 Å². The van der Waals surface area contributed by atoms with Crippen LogP contribution in [0.3, 0.4) is 0 Å². The molecule has 17 heavy (non-hydrogen) atoms. The lowest BCUT2D eigenvalue weighted by Gasteiger charge is -2.06. The third kappa shape index (κ3) is 1.59. The number of nitrogens with one attached hydrogen (secondary N) is 1. The van der Waals surface area contributed by atoms with E-state index in [1.54, 1.807) is 12.1 Å². The average Bonchev–Trinajstić information content (AvgIpc) is 2.78. The first kappa shape index (κ1) is 10.3. The maximum absolute atomic E-state index is 13.1. The summed E-state index contributed by atoms with van der Waals surface area (Å²) in [5.74, 6) is -0.346. The number of aromatic amines is 1. The zero-order valence-electron chi connectivity index (χ0n) is 9.40. The van der Waals surface area contributed by atoms with Crippen LogP contribution < -0.4 is 5.56 Å². The Labute approximate surface area is 97.3 Å². The normalized spacial score (nSPS) is 15.2. The average molecular weight is 233 g/mol. The van der Waals surface area contributed by atoms with Crippen LogP contribution in [0.2, 0.25) is 0 Å². The summed E-state index contributed by atoms with van der Waals surface area (Å²) >= 11 is 0. The summed E-state index contributed by atoms with van der Waals surface area (Å²) in [6, 6.07) is 6.00. The quantitative estimate of drug-likeness (QED) is 0.805. The molecule has 1 aliphatic heterocycles. The van der Waals surface area contributed by atoms with Gasteiger partial charge in [-0.3, -0.25) is 14.8 Å². The van der Waals surface area contributed by atoms with Gasteiger partial charge < -0.3 is 0 Å². The largest absolute Gasteiger partial charge is 0.296 e. The second-order valence-electron chi connectivity index (χ2n) is 4.36. The van der Waals surface area contributed by atoms with Gasteiger partial charge in [-0.15, -0.1) is 0 Å². The molecule has 0 atom stereocenters. The minimum atomic E-state index is -0.346. The molecular weight excluding hydrogens is 221 g/mol. The van der Waals surface area contributed by atoms with Crippen molar-refractivity contribution in [1.82, 2.24) is 14.7 Å². The van der Waals surface area contributed by atoms with Crippen LogP contribution in [0.25, 0.3) is 5.69 Å². The van der Waals surface area contributed by atoms with Crippen LogP contribution in [0.1, 0.15) is 11.3 Å². The molecule has 0 spiro atoms. The van der Waals surface area contributed by atoms with Crippen LogP contribution in [0.4, 0.5) is 4.39 Å². The van der Waals surface area contributed by atoms with Gasteiger partial charge in [0.05, 0.1) is 16.9 Å². The fourth-order valence-electron chi connectivity index (χ4n) is 2.20. The van der Waals surface area contributed by atoms with Crippen molar-refractivity contribution in [3.8, 4) is 5.69 Å². The van der Waals surface area contributed by atoms with Crippen LogP contribution in [0.15, 0.2) is 29.1 Å². The Morgan fingerprint density at radius 1 is 1.35 bits per heavy atom. The highest BCUT2D eigenvalue weighted by Crippen LogP contribution is 2.17. The Balaban J connectivity index is 2.13. The maximum Gasteiger partial charge on any atom is 0.276 e. The van der Waals surface area contributed by atoms with Gasteiger partial charge in [-0.25, -0.2) is 9.07 Å². The molecular formula is C12H12FN3O. The molecule has 1 aromatic carbocycles. The van der Waals surface area contributed by atoms with E-state index in [1.165, 1.54) is 16.8 Å². The zero-order valence-corrected chi connectivity index (χ0v) is 9.40. The molecule has 0 saturated carbocycles. The Kier molecular flexibility index (Phi) is 2.16. The van der Waals surface area contributed by atoms with E-state index in [0.29, 0.717) is 12.2 Å². The van der Waals surface area contributed by atoms with Crippen molar-refractivity contribution >= 4 is 0 Å². The number of hydrogen-bond donors (Lipinski definition) is 1. The van der Waals surface area contributed by atoms with Crippen molar-refractivity contribution in [2.45, 2.75) is 13.1 Å². The molecule has 1 aliphatic rings. The van der Waals surface area contributed by atoms with Gasteiger partial charge in [0.25, 0.3) is 5.56 Å². The second-order valence-corrected chi connectivity index (χ2v) is 4.36. The van der Waals surface area contributed by atoms with Crippen molar-refractivity contribution < 1.29 is 4.39 Å². The first-order chi connectivity index (χ1) is 8.15. The van der Waals surface area contributed by atoms with Crippen LogP contribution in [-0.2, 0) is 13.1 Å². The number of nitrogens with zero attached hydrogens (tertiary/aromatic N) is 2. The molecule has 2 aromatic rings. The highest BCUT2D eigenvalue weighted by atomic mass is 19.1. The molecule has 1 N–H and O–H groups in total. The summed E-state index contributed by atoms with van der Waals surface area (Å²) in [5, 5.41) is 3.03. The van der Waals surface area contributed by atoms with Gasteiger partial charge in [-0.2, -0.15) is 0 Å². The first-order valence-corrected chi connectivity index (χ1v) is 5.42. The highest BCUT2D eigenvalue weighted by Gasteiger charge is 2.23. The smallest absolute Gasteiger partial charge is 0.276 e. The lowest BCUT2D eigenvalue weighted by molar-refractivity contribution is 0.346. The predicted octanol–water partition coefficient (Wildman–Crippen LogP) is 1.25. The molecule has 0 aliphatic carbocycles. The molecule has 0 radical (unpaired) electrons. The number of rotatable bonds is 1. The van der Waals surface area contributed by atoms with Gasteiger partial charge in [0.2, 0.25) is 0 Å². The summed E-state index contributed by atoms with van der Waals surface area (Å²) < 4.78 is 14.5. The van der Waals surface area contributed by atoms with Crippen molar-refractivity contribution in [2.24, 2.45) is 0 Å². The zero-order chi connectivity index (χ0) is 12.0. The number of aromatic nitrogens is 2. The molecule has 0 saturated heterocycles. The molecule has 5 heteroatoms. The first-order valence-electron chi connectivity index (χ1n) is 5.42. The lowest BCUT2D eigenvalue weighted by atomic mass is 10.3. The van der Waals surface area contributed by atoms with E-state index >= 15 is 0 Å². The van der Waals surface area contributed by atoms with E-state index < -0.39 is 0 Å². The van der Waals surface area contributed by atoms with Crippen LogP contribution in [0, 0.1) is 5.82 Å². The molecule has 2 heterocycles. The Morgan fingerprint density at radius 3 is 2.88 bits per heavy atom. The van der Waals surface area contributed by atoms with Crippen molar-refractivity contribution in [2.75, 3.05) is 7.05 Å². The fraction of sp³-hybridized carbons (Fsp3) is 0.250. The van der Waals surface area contributed by atoms with Gasteiger partial charge in [-0.05, 0) is 25.2 Å². The summed E-state index contributed by atoms with van der Waals surface area (Å²) in [7, 11) is 1.96. The standard InChI is InChI=1S/C12H12FN3O/c1-15-6-10-11(7-15)14-16(12(10)17)9-4-2-3-8(13)5-9/h2-5,14H,6-7H2,1H3. The number of fused-ring (bicyclic) bond motifs is 1. The Morgan fingerprint density at radius 2 is 2.18 bits per heavy atom. The third-order valence-electron chi connectivity index (χ3n) is 2.99. The molecule has 0 bridgehead atoms. The molecule has 4 nitrogen and oxygen atoms in total.